The van der Waals surface area contributed by atoms with Crippen LogP contribution < -0.4 is 5.73 Å². The third-order valence-corrected chi connectivity index (χ3v) is 6.17. The Morgan fingerprint density at radius 3 is 2.79 bits per heavy atom. The number of aryl methyl sites for hydroxylation is 1. The number of imidazole rings is 1. The van der Waals surface area contributed by atoms with Gasteiger partial charge in [-0.05, 0) is 50.4 Å². The number of aromatic nitrogens is 2. The van der Waals surface area contributed by atoms with Crippen molar-refractivity contribution >= 4 is 16.9 Å². The molecule has 1 aliphatic rings. The van der Waals surface area contributed by atoms with Crippen molar-refractivity contribution < 1.29 is 4.79 Å². The number of carbonyl (C=O) groups excluding carboxylic acids is 1. The molecule has 2 heterocycles. The molecule has 2 atom stereocenters. The summed E-state index contributed by atoms with van der Waals surface area (Å²) in [5.41, 5.74) is 8.91. The van der Waals surface area contributed by atoms with Crippen molar-refractivity contribution in [2.75, 3.05) is 13.1 Å². The number of benzene rings is 2. The number of amides is 1. The number of nitrogens with one attached hydrogen (secondary N) is 1. The highest BCUT2D eigenvalue weighted by Crippen LogP contribution is 2.35. The second-order valence-corrected chi connectivity index (χ2v) is 8.31. The number of aromatic amines is 1. The number of carbonyl (C=O) groups is 1. The predicted octanol–water partition coefficient (Wildman–Crippen LogP) is 3.65. The van der Waals surface area contributed by atoms with Gasteiger partial charge < -0.3 is 10.7 Å². The van der Waals surface area contributed by atoms with Crippen LogP contribution in [0.15, 0.2) is 48.5 Å². The molecule has 5 heteroatoms. The number of likely N-dealkylation sites (tertiary alicyclic amines) is 1. The molecule has 28 heavy (non-hydrogen) atoms. The van der Waals surface area contributed by atoms with Gasteiger partial charge in [-0.3, -0.25) is 9.69 Å². The second kappa shape index (κ2) is 7.40. The molecule has 3 aromatic rings. The smallest absolute Gasteiger partial charge is 0.250 e. The highest BCUT2D eigenvalue weighted by Gasteiger charge is 2.39. The van der Waals surface area contributed by atoms with Gasteiger partial charge in [0.05, 0.1) is 11.1 Å². The lowest BCUT2D eigenvalue weighted by atomic mass is 9.89. The van der Waals surface area contributed by atoms with Crippen LogP contribution in [0.4, 0.5) is 0 Å². The normalized spacial score (nSPS) is 21.2. The van der Waals surface area contributed by atoms with Crippen LogP contribution in [0, 0.1) is 0 Å². The lowest BCUT2D eigenvalue weighted by molar-refractivity contribution is 0.100. The summed E-state index contributed by atoms with van der Waals surface area (Å²) < 4.78 is 0. The molecule has 0 spiro atoms. The van der Waals surface area contributed by atoms with Crippen LogP contribution in [0.5, 0.6) is 0 Å². The Bertz CT molecular complexity index is 981. The van der Waals surface area contributed by atoms with E-state index in [-0.39, 0.29) is 5.41 Å². The second-order valence-electron chi connectivity index (χ2n) is 8.31. The van der Waals surface area contributed by atoms with Crippen molar-refractivity contribution in [3.63, 3.8) is 0 Å². The fourth-order valence-corrected chi connectivity index (χ4v) is 4.29. The summed E-state index contributed by atoms with van der Waals surface area (Å²) in [6.07, 6.45) is 3.29. The molecule has 0 radical (unpaired) electrons. The molecule has 2 unspecified atom stereocenters. The fraction of sp³-hybridized carbons (Fsp3) is 0.391. The minimum absolute atomic E-state index is 0.0467. The van der Waals surface area contributed by atoms with Gasteiger partial charge in [-0.25, -0.2) is 4.98 Å². The number of fused-ring (bicyclic) bond motifs is 1. The van der Waals surface area contributed by atoms with Crippen molar-refractivity contribution in [1.29, 1.82) is 0 Å². The van der Waals surface area contributed by atoms with Crippen molar-refractivity contribution in [3.8, 4) is 0 Å². The monoisotopic (exact) mass is 376 g/mol. The molecule has 1 aliphatic heterocycles. The molecule has 1 amide bonds. The molecule has 3 N–H and O–H groups in total. The van der Waals surface area contributed by atoms with E-state index in [1.807, 2.05) is 12.1 Å². The van der Waals surface area contributed by atoms with Crippen molar-refractivity contribution in [1.82, 2.24) is 14.9 Å². The predicted molar refractivity (Wildman–Crippen MR) is 112 cm³/mol. The highest BCUT2D eigenvalue weighted by atomic mass is 16.1. The maximum Gasteiger partial charge on any atom is 0.250 e. The maximum absolute atomic E-state index is 11.7. The quantitative estimate of drug-likeness (QED) is 0.690. The lowest BCUT2D eigenvalue weighted by Crippen LogP contribution is -2.35. The van der Waals surface area contributed by atoms with Crippen molar-refractivity contribution in [2.24, 2.45) is 5.73 Å². The molecule has 1 saturated heterocycles. The van der Waals surface area contributed by atoms with Gasteiger partial charge in [0.2, 0.25) is 0 Å². The van der Waals surface area contributed by atoms with Gasteiger partial charge >= 0.3 is 0 Å². The van der Waals surface area contributed by atoms with Gasteiger partial charge in [-0.15, -0.1) is 0 Å². The summed E-state index contributed by atoms with van der Waals surface area (Å²) in [7, 11) is 0. The Kier molecular flexibility index (Phi) is 4.94. The van der Waals surface area contributed by atoms with Crippen LogP contribution >= 0.6 is 0 Å². The van der Waals surface area contributed by atoms with E-state index in [4.69, 9.17) is 10.7 Å². The first-order chi connectivity index (χ1) is 13.5. The summed E-state index contributed by atoms with van der Waals surface area (Å²) in [5.74, 6) is 0.519. The molecule has 2 aromatic carbocycles. The van der Waals surface area contributed by atoms with E-state index in [1.165, 1.54) is 5.56 Å². The molecule has 0 aliphatic carbocycles. The minimum Gasteiger partial charge on any atom is -0.366 e. The molecule has 0 saturated carbocycles. The topological polar surface area (TPSA) is 75.0 Å². The Labute approximate surface area is 166 Å². The zero-order valence-electron chi connectivity index (χ0n) is 16.6. The maximum atomic E-state index is 11.7. The number of H-pyrrole nitrogens is 1. The Balaban J connectivity index is 1.48. The zero-order valence-corrected chi connectivity index (χ0v) is 16.6. The summed E-state index contributed by atoms with van der Waals surface area (Å²) in [4.78, 5) is 22.5. The largest absolute Gasteiger partial charge is 0.366 e. The van der Waals surface area contributed by atoms with E-state index in [2.05, 4.69) is 54.1 Å². The van der Waals surface area contributed by atoms with Crippen LogP contribution in [-0.4, -0.2) is 39.9 Å². The number of nitrogens with zero attached hydrogens (tertiary/aromatic N) is 2. The van der Waals surface area contributed by atoms with E-state index < -0.39 is 5.91 Å². The molecular weight excluding hydrogens is 348 g/mol. The van der Waals surface area contributed by atoms with E-state index in [9.17, 15) is 4.79 Å². The van der Waals surface area contributed by atoms with Crippen LogP contribution in [0.25, 0.3) is 11.0 Å². The van der Waals surface area contributed by atoms with E-state index in [1.54, 1.807) is 6.07 Å². The zero-order chi connectivity index (χ0) is 19.7. The average molecular weight is 377 g/mol. The van der Waals surface area contributed by atoms with E-state index in [0.717, 1.165) is 43.7 Å². The first-order valence-corrected chi connectivity index (χ1v) is 10.0. The number of primary amides is 1. The van der Waals surface area contributed by atoms with Crippen LogP contribution in [0.1, 0.15) is 48.4 Å². The van der Waals surface area contributed by atoms with E-state index in [0.29, 0.717) is 17.1 Å². The number of para-hydroxylation sites is 1. The number of rotatable bonds is 6. The SMILES string of the molecule is CC(CCc1ccccc1)N1CCC(C)(c2nc3c(C(N)=O)cccc3[nH]2)C1. The van der Waals surface area contributed by atoms with Gasteiger partial charge in [0.15, 0.2) is 0 Å². The number of nitrogens with two attached hydrogens (primary N) is 1. The Hall–Kier alpha value is -2.66. The van der Waals surface area contributed by atoms with Crippen LogP contribution in [0.2, 0.25) is 0 Å². The summed E-state index contributed by atoms with van der Waals surface area (Å²) in [6, 6.07) is 16.7. The summed E-state index contributed by atoms with van der Waals surface area (Å²) >= 11 is 0. The minimum atomic E-state index is -0.434. The third kappa shape index (κ3) is 3.54. The molecule has 4 rings (SSSR count). The molecule has 0 bridgehead atoms. The van der Waals surface area contributed by atoms with Gasteiger partial charge in [0, 0.05) is 18.0 Å². The van der Waals surface area contributed by atoms with Gasteiger partial charge in [-0.1, -0.05) is 43.3 Å². The van der Waals surface area contributed by atoms with Gasteiger partial charge in [-0.2, -0.15) is 0 Å². The van der Waals surface area contributed by atoms with Crippen molar-refractivity contribution in [2.45, 2.75) is 44.6 Å². The third-order valence-electron chi connectivity index (χ3n) is 6.17. The standard InChI is InChI=1S/C23H28N4O/c1-16(11-12-17-7-4-3-5-8-17)27-14-13-23(2,15-27)22-25-19-10-6-9-18(21(24)28)20(19)26-22/h3-10,16H,11-15H2,1-2H3,(H2,24,28)(H,25,26). The molecular formula is C23H28N4O. The Morgan fingerprint density at radius 2 is 2.04 bits per heavy atom. The number of hydrogen-bond donors (Lipinski definition) is 2. The lowest BCUT2D eigenvalue weighted by Gasteiger charge is -2.27. The van der Waals surface area contributed by atoms with Crippen LogP contribution in [0.3, 0.4) is 0 Å². The molecule has 1 fully saturated rings. The molecule has 5 nitrogen and oxygen atoms in total. The van der Waals surface area contributed by atoms with Crippen LogP contribution in [-0.2, 0) is 11.8 Å². The van der Waals surface area contributed by atoms with Gasteiger partial charge in [0.1, 0.15) is 11.3 Å². The molecule has 146 valence electrons. The fourth-order valence-electron chi connectivity index (χ4n) is 4.29. The summed E-state index contributed by atoms with van der Waals surface area (Å²) in [6.45, 7) is 6.61. The highest BCUT2D eigenvalue weighted by molar-refractivity contribution is 6.04. The average Bonchev–Trinajstić information content (AvgIpc) is 3.31. The van der Waals surface area contributed by atoms with Crippen molar-refractivity contribution in [3.05, 3.63) is 65.5 Å². The van der Waals surface area contributed by atoms with E-state index >= 15 is 0 Å². The van der Waals surface area contributed by atoms with Gasteiger partial charge in [0.25, 0.3) is 5.91 Å². The molecule has 1 aromatic heterocycles. The first kappa shape index (κ1) is 18.7. The summed E-state index contributed by atoms with van der Waals surface area (Å²) in [5, 5.41) is 0. The first-order valence-electron chi connectivity index (χ1n) is 10.0. The number of hydrogen-bond acceptors (Lipinski definition) is 3. The Morgan fingerprint density at radius 1 is 1.25 bits per heavy atom.